The van der Waals surface area contributed by atoms with E-state index in [1.54, 1.807) is 18.0 Å². The number of carbonyl (C=O) groups is 1. The molecule has 0 radical (unpaired) electrons. The molecule has 0 aliphatic carbocycles. The second-order valence-corrected chi connectivity index (χ2v) is 4.87. The minimum absolute atomic E-state index is 0.146. The molecule has 0 spiro atoms. The Morgan fingerprint density at radius 3 is 2.90 bits per heavy atom. The molecule has 6 heteroatoms. The molecule has 0 bridgehead atoms. The van der Waals surface area contributed by atoms with E-state index < -0.39 is 0 Å². The molecular formula is C15H16N2O4. The highest BCUT2D eigenvalue weighted by atomic mass is 16.7. The Morgan fingerprint density at radius 1 is 1.29 bits per heavy atom. The summed E-state index contributed by atoms with van der Waals surface area (Å²) in [6, 6.07) is 7.11. The summed E-state index contributed by atoms with van der Waals surface area (Å²) in [6.45, 7) is 2.93. The average molecular weight is 288 g/mol. The lowest BCUT2D eigenvalue weighted by Gasteiger charge is -2.13. The lowest BCUT2D eigenvalue weighted by Crippen LogP contribution is -2.27. The van der Waals surface area contributed by atoms with Crippen molar-refractivity contribution in [2.24, 2.45) is 0 Å². The molecule has 1 aromatic heterocycles. The van der Waals surface area contributed by atoms with Gasteiger partial charge >= 0.3 is 0 Å². The van der Waals surface area contributed by atoms with Gasteiger partial charge in [0.05, 0.1) is 0 Å². The van der Waals surface area contributed by atoms with Crippen LogP contribution in [0.25, 0.3) is 11.3 Å². The first-order valence-corrected chi connectivity index (χ1v) is 6.81. The molecule has 3 rings (SSSR count). The molecule has 21 heavy (non-hydrogen) atoms. The number of fused-ring (bicyclic) bond motifs is 1. The smallest absolute Gasteiger partial charge is 0.275 e. The Kier molecular flexibility index (Phi) is 3.51. The number of rotatable bonds is 4. The van der Waals surface area contributed by atoms with Crippen molar-refractivity contribution in [1.29, 1.82) is 0 Å². The Hall–Kier alpha value is -2.50. The molecular weight excluding hydrogens is 272 g/mol. The third kappa shape index (κ3) is 2.56. The molecule has 1 aliphatic heterocycles. The van der Waals surface area contributed by atoms with Crippen LogP contribution < -0.4 is 9.47 Å². The summed E-state index contributed by atoms with van der Waals surface area (Å²) >= 11 is 0. The summed E-state index contributed by atoms with van der Waals surface area (Å²) in [5.74, 6) is 1.76. The van der Waals surface area contributed by atoms with E-state index in [9.17, 15) is 4.79 Å². The predicted octanol–water partition coefficient (Wildman–Crippen LogP) is 2.55. The molecule has 6 nitrogen and oxygen atoms in total. The van der Waals surface area contributed by atoms with Crippen molar-refractivity contribution in [3.8, 4) is 22.8 Å². The Morgan fingerprint density at radius 2 is 2.10 bits per heavy atom. The second-order valence-electron chi connectivity index (χ2n) is 4.87. The van der Waals surface area contributed by atoms with E-state index in [0.717, 1.165) is 12.0 Å². The van der Waals surface area contributed by atoms with Crippen molar-refractivity contribution >= 4 is 5.91 Å². The van der Waals surface area contributed by atoms with Crippen LogP contribution in [0.2, 0.25) is 0 Å². The van der Waals surface area contributed by atoms with Crippen molar-refractivity contribution in [2.45, 2.75) is 13.3 Å². The molecule has 0 saturated heterocycles. The largest absolute Gasteiger partial charge is 0.454 e. The van der Waals surface area contributed by atoms with E-state index in [1.807, 2.05) is 25.1 Å². The van der Waals surface area contributed by atoms with Gasteiger partial charge in [0.15, 0.2) is 23.0 Å². The van der Waals surface area contributed by atoms with Gasteiger partial charge in [0, 0.05) is 25.2 Å². The summed E-state index contributed by atoms with van der Waals surface area (Å²) in [5, 5.41) is 3.85. The van der Waals surface area contributed by atoms with Gasteiger partial charge in [-0.2, -0.15) is 0 Å². The number of ether oxygens (including phenoxy) is 2. The highest BCUT2D eigenvalue weighted by Gasteiger charge is 2.19. The van der Waals surface area contributed by atoms with E-state index in [2.05, 4.69) is 5.16 Å². The van der Waals surface area contributed by atoms with Crippen LogP contribution in [0.5, 0.6) is 11.5 Å². The quantitative estimate of drug-likeness (QED) is 0.865. The maximum Gasteiger partial charge on any atom is 0.275 e. The molecule has 110 valence electrons. The third-order valence-corrected chi connectivity index (χ3v) is 3.29. The number of hydrogen-bond donors (Lipinski definition) is 0. The van der Waals surface area contributed by atoms with Gasteiger partial charge in [0.25, 0.3) is 5.91 Å². The average Bonchev–Trinajstić information content (AvgIpc) is 3.14. The van der Waals surface area contributed by atoms with Crippen LogP contribution in [0.15, 0.2) is 28.8 Å². The van der Waals surface area contributed by atoms with Gasteiger partial charge in [-0.1, -0.05) is 12.1 Å². The van der Waals surface area contributed by atoms with Gasteiger partial charge in [0.1, 0.15) is 0 Å². The predicted molar refractivity (Wildman–Crippen MR) is 75.3 cm³/mol. The molecule has 2 aromatic rings. The lowest BCUT2D eigenvalue weighted by atomic mass is 10.1. The van der Waals surface area contributed by atoms with E-state index in [4.69, 9.17) is 14.0 Å². The SMILES string of the molecule is CCCN(C)C(=O)c1cc(-c2ccc3c(c2)OCO3)on1. The highest BCUT2D eigenvalue weighted by Crippen LogP contribution is 2.36. The van der Waals surface area contributed by atoms with Gasteiger partial charge in [-0.05, 0) is 24.6 Å². The fourth-order valence-electron chi connectivity index (χ4n) is 2.19. The number of benzene rings is 1. The van der Waals surface area contributed by atoms with Gasteiger partial charge in [0.2, 0.25) is 6.79 Å². The fourth-order valence-corrected chi connectivity index (χ4v) is 2.19. The van der Waals surface area contributed by atoms with Gasteiger partial charge in [-0.25, -0.2) is 0 Å². The van der Waals surface area contributed by atoms with Gasteiger partial charge in [-0.3, -0.25) is 4.79 Å². The maximum absolute atomic E-state index is 12.1. The van der Waals surface area contributed by atoms with Gasteiger partial charge in [-0.15, -0.1) is 0 Å². The summed E-state index contributed by atoms with van der Waals surface area (Å²) in [7, 11) is 1.75. The zero-order chi connectivity index (χ0) is 14.8. The summed E-state index contributed by atoms with van der Waals surface area (Å²) in [4.78, 5) is 13.8. The zero-order valence-electron chi connectivity index (χ0n) is 12.0. The summed E-state index contributed by atoms with van der Waals surface area (Å²) in [6.07, 6.45) is 0.898. The van der Waals surface area contributed by atoms with Gasteiger partial charge < -0.3 is 18.9 Å². The Bertz CT molecular complexity index is 665. The van der Waals surface area contributed by atoms with Crippen molar-refractivity contribution < 1.29 is 18.8 Å². The Balaban J connectivity index is 1.83. The molecule has 0 fully saturated rings. The number of aromatic nitrogens is 1. The minimum atomic E-state index is -0.146. The van der Waals surface area contributed by atoms with E-state index >= 15 is 0 Å². The van der Waals surface area contributed by atoms with E-state index in [1.165, 1.54) is 0 Å². The van der Waals surface area contributed by atoms with Crippen LogP contribution in [-0.4, -0.2) is 36.3 Å². The standard InChI is InChI=1S/C15H16N2O4/c1-3-6-17(2)15(18)11-8-13(21-16-11)10-4-5-12-14(7-10)20-9-19-12/h4-5,7-8H,3,6,9H2,1-2H3. The number of carbonyl (C=O) groups excluding carboxylic acids is 1. The first kappa shape index (κ1) is 13.5. The maximum atomic E-state index is 12.1. The monoisotopic (exact) mass is 288 g/mol. The number of hydrogen-bond acceptors (Lipinski definition) is 5. The normalized spacial score (nSPS) is 12.5. The molecule has 0 atom stereocenters. The molecule has 1 aromatic carbocycles. The van der Waals surface area contributed by atoms with E-state index in [-0.39, 0.29) is 12.7 Å². The lowest BCUT2D eigenvalue weighted by molar-refractivity contribution is 0.0785. The van der Waals surface area contributed by atoms with Crippen LogP contribution >= 0.6 is 0 Å². The van der Waals surface area contributed by atoms with Crippen LogP contribution in [0.4, 0.5) is 0 Å². The van der Waals surface area contributed by atoms with Crippen LogP contribution in [-0.2, 0) is 0 Å². The molecule has 0 unspecified atom stereocenters. The first-order chi connectivity index (χ1) is 10.2. The number of amides is 1. The van der Waals surface area contributed by atoms with Crippen molar-refractivity contribution in [2.75, 3.05) is 20.4 Å². The molecule has 1 aliphatic rings. The zero-order valence-corrected chi connectivity index (χ0v) is 12.0. The first-order valence-electron chi connectivity index (χ1n) is 6.81. The van der Waals surface area contributed by atoms with Crippen LogP contribution in [0.3, 0.4) is 0 Å². The fraction of sp³-hybridized carbons (Fsp3) is 0.333. The van der Waals surface area contributed by atoms with Crippen molar-refractivity contribution in [1.82, 2.24) is 10.1 Å². The minimum Gasteiger partial charge on any atom is -0.454 e. The molecule has 0 saturated carbocycles. The molecule has 1 amide bonds. The number of nitrogens with zero attached hydrogens (tertiary/aromatic N) is 2. The van der Waals surface area contributed by atoms with Crippen LogP contribution in [0, 0.1) is 0 Å². The molecule has 2 heterocycles. The summed E-state index contributed by atoms with van der Waals surface area (Å²) < 4.78 is 15.9. The highest BCUT2D eigenvalue weighted by molar-refractivity contribution is 5.93. The second kappa shape index (κ2) is 5.47. The Labute approximate surface area is 122 Å². The molecule has 0 N–H and O–H groups in total. The van der Waals surface area contributed by atoms with E-state index in [0.29, 0.717) is 29.5 Å². The topological polar surface area (TPSA) is 64.8 Å². The van der Waals surface area contributed by atoms with Crippen molar-refractivity contribution in [3.63, 3.8) is 0 Å². The summed E-state index contributed by atoms with van der Waals surface area (Å²) in [5.41, 5.74) is 1.10. The third-order valence-electron chi connectivity index (χ3n) is 3.29. The van der Waals surface area contributed by atoms with Crippen molar-refractivity contribution in [3.05, 3.63) is 30.0 Å². The van der Waals surface area contributed by atoms with Crippen LogP contribution in [0.1, 0.15) is 23.8 Å².